The molecule has 2 heteroatoms. The lowest BCUT2D eigenvalue weighted by atomic mass is 9.96. The van der Waals surface area contributed by atoms with Gasteiger partial charge in [-0.15, -0.1) is 0 Å². The van der Waals surface area contributed by atoms with Gasteiger partial charge in [-0.05, 0) is 19.3 Å². The second-order valence-electron chi connectivity index (χ2n) is 4.18. The smallest absolute Gasteiger partial charge is 0.0645 e. The van der Waals surface area contributed by atoms with Crippen molar-refractivity contribution < 1.29 is 4.74 Å². The van der Waals surface area contributed by atoms with E-state index in [1.165, 1.54) is 25.7 Å². The molecule has 86 valence electrons. The van der Waals surface area contributed by atoms with Crippen LogP contribution in [0.2, 0.25) is 0 Å². The Morgan fingerprint density at radius 2 is 1.64 bits per heavy atom. The fourth-order valence-electron chi connectivity index (χ4n) is 1.36. The topological polar surface area (TPSA) is 35.2 Å². The molecule has 0 aromatic rings. The number of unbranched alkanes of at least 4 members (excludes halogenated alkanes) is 3. The molecular weight excluding hydrogens is 174 g/mol. The number of nitrogens with two attached hydrogens (primary N) is 1. The van der Waals surface area contributed by atoms with E-state index in [-0.39, 0.29) is 5.54 Å². The van der Waals surface area contributed by atoms with E-state index in [0.29, 0.717) is 6.61 Å². The highest BCUT2D eigenvalue weighted by Crippen LogP contribution is 2.11. The van der Waals surface area contributed by atoms with E-state index in [9.17, 15) is 0 Å². The summed E-state index contributed by atoms with van der Waals surface area (Å²) in [4.78, 5) is 0. The minimum Gasteiger partial charge on any atom is -0.380 e. The first-order valence-electron chi connectivity index (χ1n) is 6.05. The van der Waals surface area contributed by atoms with Crippen LogP contribution in [0, 0.1) is 0 Å². The predicted octanol–water partition coefficient (Wildman–Crippen LogP) is 3.10. The molecule has 14 heavy (non-hydrogen) atoms. The molecule has 0 aliphatic heterocycles. The van der Waals surface area contributed by atoms with Gasteiger partial charge in [-0.3, -0.25) is 0 Å². The van der Waals surface area contributed by atoms with E-state index >= 15 is 0 Å². The lowest BCUT2D eigenvalue weighted by molar-refractivity contribution is 0.0782. The molecule has 0 saturated heterocycles. The van der Waals surface area contributed by atoms with E-state index < -0.39 is 0 Å². The maximum Gasteiger partial charge on any atom is 0.0645 e. The van der Waals surface area contributed by atoms with Crippen LogP contribution in [0.25, 0.3) is 0 Å². The van der Waals surface area contributed by atoms with Crippen LogP contribution in [0.3, 0.4) is 0 Å². The molecule has 0 radical (unpaired) electrons. The average Bonchev–Trinajstić information content (AvgIpc) is 2.23. The van der Waals surface area contributed by atoms with Crippen molar-refractivity contribution >= 4 is 0 Å². The molecule has 0 atom stereocenters. The maximum absolute atomic E-state index is 6.11. The SMILES string of the molecule is CCCCCCOCC(N)(CC)CC. The molecular formula is C12H27NO. The van der Waals surface area contributed by atoms with Gasteiger partial charge in [0.1, 0.15) is 0 Å². The lowest BCUT2D eigenvalue weighted by Gasteiger charge is -2.26. The number of rotatable bonds is 9. The maximum atomic E-state index is 6.11. The van der Waals surface area contributed by atoms with Gasteiger partial charge in [0.25, 0.3) is 0 Å². The van der Waals surface area contributed by atoms with E-state index in [0.717, 1.165) is 19.4 Å². The van der Waals surface area contributed by atoms with E-state index in [1.54, 1.807) is 0 Å². The van der Waals surface area contributed by atoms with Gasteiger partial charge >= 0.3 is 0 Å². The van der Waals surface area contributed by atoms with Crippen LogP contribution >= 0.6 is 0 Å². The van der Waals surface area contributed by atoms with Gasteiger partial charge in [0, 0.05) is 12.1 Å². The minimum absolute atomic E-state index is 0.0925. The standard InChI is InChI=1S/C12H27NO/c1-4-7-8-9-10-14-11-12(13,5-2)6-3/h4-11,13H2,1-3H3. The molecule has 0 fully saturated rings. The summed E-state index contributed by atoms with van der Waals surface area (Å²) in [6.07, 6.45) is 7.06. The second-order valence-corrected chi connectivity index (χ2v) is 4.18. The fourth-order valence-corrected chi connectivity index (χ4v) is 1.36. The van der Waals surface area contributed by atoms with E-state index in [4.69, 9.17) is 10.5 Å². The molecule has 0 aliphatic carbocycles. The molecule has 0 heterocycles. The zero-order valence-electron chi connectivity index (χ0n) is 10.1. The third kappa shape index (κ3) is 6.39. The van der Waals surface area contributed by atoms with Crippen LogP contribution in [-0.4, -0.2) is 18.8 Å². The number of ether oxygens (including phenoxy) is 1. The largest absolute Gasteiger partial charge is 0.380 e. The second kappa shape index (κ2) is 8.25. The van der Waals surface area contributed by atoms with Gasteiger partial charge in [0.2, 0.25) is 0 Å². The summed E-state index contributed by atoms with van der Waals surface area (Å²) >= 11 is 0. The molecule has 0 saturated carbocycles. The summed E-state index contributed by atoms with van der Waals surface area (Å²) in [5.74, 6) is 0. The summed E-state index contributed by atoms with van der Waals surface area (Å²) < 4.78 is 5.60. The molecule has 0 aromatic heterocycles. The first kappa shape index (κ1) is 13.9. The molecule has 0 aromatic carbocycles. The van der Waals surface area contributed by atoms with Gasteiger partial charge in [0.05, 0.1) is 6.61 Å². The summed E-state index contributed by atoms with van der Waals surface area (Å²) in [5.41, 5.74) is 6.02. The van der Waals surface area contributed by atoms with Crippen molar-refractivity contribution in [2.24, 2.45) is 5.73 Å². The Morgan fingerprint density at radius 3 is 2.14 bits per heavy atom. The summed E-state index contributed by atoms with van der Waals surface area (Å²) in [6, 6.07) is 0. The molecule has 0 bridgehead atoms. The Hall–Kier alpha value is -0.0800. The Morgan fingerprint density at radius 1 is 1.00 bits per heavy atom. The van der Waals surface area contributed by atoms with Gasteiger partial charge < -0.3 is 10.5 Å². The van der Waals surface area contributed by atoms with Crippen LogP contribution in [0.1, 0.15) is 59.3 Å². The Labute approximate surface area is 89.2 Å². The Balaban J connectivity index is 3.34. The summed E-state index contributed by atoms with van der Waals surface area (Å²) in [6.45, 7) is 8.07. The monoisotopic (exact) mass is 201 g/mol. The number of hydrogen-bond acceptors (Lipinski definition) is 2. The third-order valence-corrected chi connectivity index (χ3v) is 2.94. The lowest BCUT2D eigenvalue weighted by Crippen LogP contribution is -2.43. The van der Waals surface area contributed by atoms with Crippen molar-refractivity contribution in [1.82, 2.24) is 0 Å². The number of hydrogen-bond donors (Lipinski definition) is 1. The van der Waals surface area contributed by atoms with Crippen molar-refractivity contribution in [3.63, 3.8) is 0 Å². The first-order chi connectivity index (χ1) is 6.68. The van der Waals surface area contributed by atoms with Gasteiger partial charge in [-0.25, -0.2) is 0 Å². The van der Waals surface area contributed by atoms with Gasteiger partial charge in [-0.2, -0.15) is 0 Å². The third-order valence-electron chi connectivity index (χ3n) is 2.94. The minimum atomic E-state index is -0.0925. The molecule has 2 nitrogen and oxygen atoms in total. The quantitative estimate of drug-likeness (QED) is 0.582. The molecule has 0 unspecified atom stereocenters. The normalized spacial score (nSPS) is 12.0. The van der Waals surface area contributed by atoms with Crippen molar-refractivity contribution in [2.45, 2.75) is 64.8 Å². The highest BCUT2D eigenvalue weighted by atomic mass is 16.5. The molecule has 0 rings (SSSR count). The highest BCUT2D eigenvalue weighted by Gasteiger charge is 2.19. The molecule has 0 aliphatic rings. The van der Waals surface area contributed by atoms with Crippen LogP contribution in [0.5, 0.6) is 0 Å². The van der Waals surface area contributed by atoms with Crippen LogP contribution in [0.15, 0.2) is 0 Å². The van der Waals surface area contributed by atoms with E-state index in [1.807, 2.05) is 0 Å². The first-order valence-corrected chi connectivity index (χ1v) is 6.05. The van der Waals surface area contributed by atoms with Crippen molar-refractivity contribution in [3.05, 3.63) is 0 Å². The zero-order valence-corrected chi connectivity index (χ0v) is 10.1. The predicted molar refractivity (Wildman–Crippen MR) is 62.5 cm³/mol. The van der Waals surface area contributed by atoms with Crippen LogP contribution in [0.4, 0.5) is 0 Å². The summed E-state index contributed by atoms with van der Waals surface area (Å²) in [7, 11) is 0. The van der Waals surface area contributed by atoms with E-state index in [2.05, 4.69) is 20.8 Å². The van der Waals surface area contributed by atoms with Gasteiger partial charge in [0.15, 0.2) is 0 Å². The van der Waals surface area contributed by atoms with Gasteiger partial charge in [-0.1, -0.05) is 40.0 Å². The average molecular weight is 201 g/mol. The summed E-state index contributed by atoms with van der Waals surface area (Å²) in [5, 5.41) is 0. The zero-order chi connectivity index (χ0) is 10.9. The fraction of sp³-hybridized carbons (Fsp3) is 1.00. The molecule has 2 N–H and O–H groups in total. The van der Waals surface area contributed by atoms with Crippen molar-refractivity contribution in [1.29, 1.82) is 0 Å². The van der Waals surface area contributed by atoms with Crippen LogP contribution in [-0.2, 0) is 4.74 Å². The molecule has 0 amide bonds. The van der Waals surface area contributed by atoms with Crippen molar-refractivity contribution in [2.75, 3.05) is 13.2 Å². The van der Waals surface area contributed by atoms with Crippen LogP contribution < -0.4 is 5.73 Å². The van der Waals surface area contributed by atoms with Crippen molar-refractivity contribution in [3.8, 4) is 0 Å². The highest BCUT2D eigenvalue weighted by molar-refractivity contribution is 4.80. The Bertz CT molecular complexity index is 121. The Kier molecular flexibility index (Phi) is 8.20. The molecule has 0 spiro atoms.